The summed E-state index contributed by atoms with van der Waals surface area (Å²) in [6, 6.07) is 16.9. The number of aldehydes is 1. The van der Waals surface area contributed by atoms with Gasteiger partial charge in [-0.1, -0.05) is 30.3 Å². The smallest absolute Gasteiger partial charge is 0.163 e. The van der Waals surface area contributed by atoms with Crippen LogP contribution in [0.3, 0.4) is 0 Å². The van der Waals surface area contributed by atoms with Crippen LogP contribution in [0.15, 0.2) is 48.5 Å². The zero-order valence-corrected chi connectivity index (χ0v) is 20.5. The number of β-amino-alcohol motifs (C(OH)–C–C–N with tert-alkyl or cyclic N) is 1. The third-order valence-corrected chi connectivity index (χ3v) is 7.09. The number of methoxy groups -OCH3 is 1. The molecule has 1 unspecified atom stereocenters. The van der Waals surface area contributed by atoms with Crippen molar-refractivity contribution in [2.45, 2.75) is 63.2 Å². The maximum absolute atomic E-state index is 11.1. The van der Waals surface area contributed by atoms with E-state index in [4.69, 9.17) is 9.47 Å². The Hall–Kier alpha value is -2.57. The SMILES string of the molecule is COc1ccc(N2CCN(C[C@@](C)(O)CC=O)C(Cc3ccccc3)C2)cc1OC1CCCC1. The highest BCUT2D eigenvalue weighted by Crippen LogP contribution is 2.36. The Balaban J connectivity index is 1.53. The maximum atomic E-state index is 11.1. The van der Waals surface area contributed by atoms with Gasteiger partial charge in [0, 0.05) is 50.4 Å². The molecule has 4 rings (SSSR count). The minimum Gasteiger partial charge on any atom is -0.493 e. The fraction of sp³-hybridized carbons (Fsp3) is 0.536. The number of carbonyl (C=O) groups is 1. The van der Waals surface area contributed by atoms with E-state index in [0.29, 0.717) is 6.54 Å². The summed E-state index contributed by atoms with van der Waals surface area (Å²) in [6.07, 6.45) is 6.77. The molecular weight excluding hydrogens is 428 g/mol. The van der Waals surface area contributed by atoms with Gasteiger partial charge in [0.25, 0.3) is 0 Å². The van der Waals surface area contributed by atoms with Crippen LogP contribution in [0.4, 0.5) is 5.69 Å². The number of hydrogen-bond donors (Lipinski definition) is 1. The number of anilines is 1. The highest BCUT2D eigenvalue weighted by atomic mass is 16.5. The first kappa shape index (κ1) is 24.6. The van der Waals surface area contributed by atoms with Crippen molar-refractivity contribution in [2.24, 2.45) is 0 Å². The topological polar surface area (TPSA) is 62.2 Å². The Morgan fingerprint density at radius 3 is 2.56 bits per heavy atom. The predicted molar refractivity (Wildman–Crippen MR) is 135 cm³/mol. The fourth-order valence-corrected chi connectivity index (χ4v) is 5.24. The number of hydrogen-bond acceptors (Lipinski definition) is 6. The van der Waals surface area contributed by atoms with Crippen LogP contribution in [0.5, 0.6) is 11.5 Å². The average Bonchev–Trinajstić information content (AvgIpc) is 3.34. The van der Waals surface area contributed by atoms with Crippen LogP contribution in [0, 0.1) is 0 Å². The number of piperazine rings is 1. The highest BCUT2D eigenvalue weighted by molar-refractivity contribution is 5.57. The average molecular weight is 467 g/mol. The molecule has 6 heteroatoms. The van der Waals surface area contributed by atoms with E-state index >= 15 is 0 Å². The lowest BCUT2D eigenvalue weighted by atomic mass is 9.97. The highest BCUT2D eigenvalue weighted by Gasteiger charge is 2.33. The minimum absolute atomic E-state index is 0.144. The lowest BCUT2D eigenvalue weighted by molar-refractivity contribution is -0.112. The van der Waals surface area contributed by atoms with E-state index in [-0.39, 0.29) is 18.6 Å². The Morgan fingerprint density at radius 1 is 1.09 bits per heavy atom. The van der Waals surface area contributed by atoms with E-state index in [1.807, 2.05) is 12.1 Å². The molecule has 2 fully saturated rings. The van der Waals surface area contributed by atoms with Crippen molar-refractivity contribution in [3.05, 3.63) is 54.1 Å². The van der Waals surface area contributed by atoms with E-state index in [1.54, 1.807) is 14.0 Å². The molecule has 1 N–H and O–H groups in total. The van der Waals surface area contributed by atoms with Crippen LogP contribution in [0.1, 0.15) is 44.6 Å². The van der Waals surface area contributed by atoms with Crippen molar-refractivity contribution in [1.82, 2.24) is 4.90 Å². The van der Waals surface area contributed by atoms with Gasteiger partial charge in [-0.15, -0.1) is 0 Å². The number of nitrogens with zero attached hydrogens (tertiary/aromatic N) is 2. The monoisotopic (exact) mass is 466 g/mol. The molecule has 6 nitrogen and oxygen atoms in total. The maximum Gasteiger partial charge on any atom is 0.163 e. The number of ether oxygens (including phenoxy) is 2. The lowest BCUT2D eigenvalue weighted by Gasteiger charge is -2.45. The lowest BCUT2D eigenvalue weighted by Crippen LogP contribution is -2.57. The normalized spacial score (nSPS) is 21.3. The Kier molecular flexibility index (Phi) is 8.11. The molecule has 34 heavy (non-hydrogen) atoms. The Morgan fingerprint density at radius 2 is 1.85 bits per heavy atom. The van der Waals surface area contributed by atoms with Gasteiger partial charge in [0.15, 0.2) is 11.5 Å². The van der Waals surface area contributed by atoms with Crippen molar-refractivity contribution in [1.29, 1.82) is 0 Å². The molecule has 1 saturated carbocycles. The molecule has 0 amide bonds. The molecule has 1 aliphatic carbocycles. The van der Waals surface area contributed by atoms with Crippen molar-refractivity contribution >= 4 is 12.0 Å². The van der Waals surface area contributed by atoms with Crippen LogP contribution >= 0.6 is 0 Å². The predicted octanol–water partition coefficient (Wildman–Crippen LogP) is 4.09. The van der Waals surface area contributed by atoms with Gasteiger partial charge in [-0.3, -0.25) is 4.90 Å². The summed E-state index contributed by atoms with van der Waals surface area (Å²) in [5, 5.41) is 10.7. The summed E-state index contributed by atoms with van der Waals surface area (Å²) < 4.78 is 11.9. The first-order valence-electron chi connectivity index (χ1n) is 12.5. The Bertz CT molecular complexity index is 927. The number of carbonyl (C=O) groups excluding carboxylic acids is 1. The van der Waals surface area contributed by atoms with E-state index in [0.717, 1.165) is 62.4 Å². The van der Waals surface area contributed by atoms with Crippen molar-refractivity contribution in [2.75, 3.05) is 38.2 Å². The van der Waals surface area contributed by atoms with Gasteiger partial charge >= 0.3 is 0 Å². The summed E-state index contributed by atoms with van der Waals surface area (Å²) in [4.78, 5) is 15.8. The van der Waals surface area contributed by atoms with E-state index in [1.165, 1.54) is 18.4 Å². The third-order valence-electron chi connectivity index (χ3n) is 7.09. The molecule has 0 radical (unpaired) electrons. The standard InChI is InChI=1S/C28H38N2O4/c1-28(32,14-17-31)21-30-16-15-29(20-24(30)18-22-8-4-3-5-9-22)23-12-13-26(33-2)27(19-23)34-25-10-6-7-11-25/h3-5,8-9,12-13,17,19,24-25,32H,6-7,10-11,14-16,18,20-21H2,1-2H3/t24?,28-/m0/s1. The second-order valence-electron chi connectivity index (χ2n) is 9.99. The van der Waals surface area contributed by atoms with Crippen LogP contribution in [-0.4, -0.2) is 67.3 Å². The zero-order valence-electron chi connectivity index (χ0n) is 20.5. The zero-order chi connectivity index (χ0) is 24.0. The van der Waals surface area contributed by atoms with Gasteiger partial charge < -0.3 is 24.3 Å². The van der Waals surface area contributed by atoms with Crippen LogP contribution in [-0.2, 0) is 11.2 Å². The third kappa shape index (κ3) is 6.30. The van der Waals surface area contributed by atoms with E-state index in [2.05, 4.69) is 46.2 Å². The molecule has 0 aromatic heterocycles. The van der Waals surface area contributed by atoms with Gasteiger partial charge in [-0.05, 0) is 56.7 Å². The molecule has 1 heterocycles. The summed E-state index contributed by atoms with van der Waals surface area (Å²) in [6.45, 7) is 4.73. The molecule has 1 saturated heterocycles. The molecule has 2 aromatic carbocycles. The molecule has 0 bridgehead atoms. The van der Waals surface area contributed by atoms with Gasteiger partial charge in [-0.2, -0.15) is 0 Å². The first-order chi connectivity index (χ1) is 16.5. The van der Waals surface area contributed by atoms with E-state index < -0.39 is 5.60 Å². The first-order valence-corrected chi connectivity index (χ1v) is 12.5. The second kappa shape index (κ2) is 11.2. The Labute approximate surface area is 203 Å². The van der Waals surface area contributed by atoms with Gasteiger partial charge in [0.1, 0.15) is 6.29 Å². The number of benzene rings is 2. The summed E-state index contributed by atoms with van der Waals surface area (Å²) in [5.74, 6) is 1.60. The van der Waals surface area contributed by atoms with Gasteiger partial charge in [0.2, 0.25) is 0 Å². The molecule has 184 valence electrons. The van der Waals surface area contributed by atoms with Crippen LogP contribution < -0.4 is 14.4 Å². The van der Waals surface area contributed by atoms with Crippen molar-refractivity contribution in [3.63, 3.8) is 0 Å². The minimum atomic E-state index is -1.03. The molecule has 2 aromatic rings. The molecular formula is C28H38N2O4. The quantitative estimate of drug-likeness (QED) is 0.532. The van der Waals surface area contributed by atoms with Crippen molar-refractivity contribution in [3.8, 4) is 11.5 Å². The summed E-state index contributed by atoms with van der Waals surface area (Å²) >= 11 is 0. The molecule has 2 aliphatic rings. The number of rotatable bonds is 10. The second-order valence-corrected chi connectivity index (χ2v) is 9.99. The molecule has 1 aliphatic heterocycles. The van der Waals surface area contributed by atoms with Gasteiger partial charge in [-0.25, -0.2) is 0 Å². The summed E-state index contributed by atoms with van der Waals surface area (Å²) in [7, 11) is 1.69. The van der Waals surface area contributed by atoms with Crippen LogP contribution in [0.2, 0.25) is 0 Å². The molecule has 0 spiro atoms. The van der Waals surface area contributed by atoms with E-state index in [9.17, 15) is 9.90 Å². The number of aliphatic hydroxyl groups is 1. The fourth-order valence-electron chi connectivity index (χ4n) is 5.24. The summed E-state index contributed by atoms with van der Waals surface area (Å²) in [5.41, 5.74) is 1.38. The van der Waals surface area contributed by atoms with Crippen molar-refractivity contribution < 1.29 is 19.4 Å². The van der Waals surface area contributed by atoms with Gasteiger partial charge in [0.05, 0.1) is 18.8 Å². The van der Waals surface area contributed by atoms with Crippen LogP contribution in [0.25, 0.3) is 0 Å². The largest absolute Gasteiger partial charge is 0.493 e. The molecule has 2 atom stereocenters.